The number of nitrogens with one attached hydrogen (secondary N) is 1. The van der Waals surface area contributed by atoms with E-state index in [1.807, 2.05) is 0 Å². The SMILES string of the molecule is C#CCN(C)C(=O)[C@H]1CCCCN1. The molecule has 0 aliphatic carbocycles. The first-order valence-corrected chi connectivity index (χ1v) is 4.67. The quantitative estimate of drug-likeness (QED) is 0.617. The maximum Gasteiger partial charge on any atom is 0.240 e. The smallest absolute Gasteiger partial charge is 0.240 e. The Labute approximate surface area is 79.5 Å². The minimum atomic E-state index is -0.00731. The first-order valence-electron chi connectivity index (χ1n) is 4.67. The van der Waals surface area contributed by atoms with E-state index in [2.05, 4.69) is 11.2 Å². The van der Waals surface area contributed by atoms with Gasteiger partial charge in [0, 0.05) is 7.05 Å². The van der Waals surface area contributed by atoms with E-state index in [4.69, 9.17) is 6.42 Å². The second-order valence-electron chi connectivity index (χ2n) is 3.40. The minimum absolute atomic E-state index is 0.00731. The highest BCUT2D eigenvalue weighted by Crippen LogP contribution is 2.08. The molecule has 0 aromatic rings. The molecule has 1 N–H and O–H groups in total. The van der Waals surface area contributed by atoms with E-state index in [9.17, 15) is 4.79 Å². The van der Waals surface area contributed by atoms with Crippen LogP contribution in [0.25, 0.3) is 0 Å². The van der Waals surface area contributed by atoms with E-state index in [1.54, 1.807) is 11.9 Å². The standard InChI is InChI=1S/C10H16N2O/c1-3-8-12(2)10(13)9-6-4-5-7-11-9/h1,9,11H,4-8H2,2H3/t9-/m1/s1. The van der Waals surface area contributed by atoms with Crippen LogP contribution in [0, 0.1) is 12.3 Å². The minimum Gasteiger partial charge on any atom is -0.333 e. The lowest BCUT2D eigenvalue weighted by atomic mass is 10.0. The van der Waals surface area contributed by atoms with Gasteiger partial charge in [0.1, 0.15) is 0 Å². The van der Waals surface area contributed by atoms with Gasteiger partial charge in [-0.3, -0.25) is 4.79 Å². The molecule has 72 valence electrons. The first kappa shape index (κ1) is 10.1. The van der Waals surface area contributed by atoms with Crippen molar-refractivity contribution < 1.29 is 4.79 Å². The number of amides is 1. The highest BCUT2D eigenvalue weighted by Gasteiger charge is 2.22. The Morgan fingerprint density at radius 2 is 2.46 bits per heavy atom. The molecule has 3 heteroatoms. The summed E-state index contributed by atoms with van der Waals surface area (Å²) in [5.41, 5.74) is 0. The highest BCUT2D eigenvalue weighted by atomic mass is 16.2. The van der Waals surface area contributed by atoms with E-state index in [0.29, 0.717) is 6.54 Å². The van der Waals surface area contributed by atoms with E-state index >= 15 is 0 Å². The predicted molar refractivity (Wildman–Crippen MR) is 52.1 cm³/mol. The molecule has 1 amide bonds. The summed E-state index contributed by atoms with van der Waals surface area (Å²) in [5.74, 6) is 2.59. The Hall–Kier alpha value is -1.01. The van der Waals surface area contributed by atoms with Crippen LogP contribution in [0.1, 0.15) is 19.3 Å². The number of carbonyl (C=O) groups is 1. The predicted octanol–water partition coefficient (Wildman–Crippen LogP) is 0.220. The van der Waals surface area contributed by atoms with Gasteiger partial charge in [-0.05, 0) is 19.4 Å². The maximum absolute atomic E-state index is 11.7. The molecule has 0 aromatic heterocycles. The molecule has 3 nitrogen and oxygen atoms in total. The van der Waals surface area contributed by atoms with Gasteiger partial charge in [-0.2, -0.15) is 0 Å². The molecule has 1 aliphatic heterocycles. The molecule has 0 bridgehead atoms. The van der Waals surface area contributed by atoms with Crippen molar-refractivity contribution in [1.29, 1.82) is 0 Å². The van der Waals surface area contributed by atoms with E-state index in [-0.39, 0.29) is 11.9 Å². The largest absolute Gasteiger partial charge is 0.333 e. The zero-order valence-corrected chi connectivity index (χ0v) is 8.05. The molecule has 0 radical (unpaired) electrons. The lowest BCUT2D eigenvalue weighted by Crippen LogP contribution is -2.47. The van der Waals surface area contributed by atoms with Gasteiger partial charge in [-0.1, -0.05) is 12.3 Å². The molecule has 0 aromatic carbocycles. The van der Waals surface area contributed by atoms with Crippen LogP contribution in [0.5, 0.6) is 0 Å². The van der Waals surface area contributed by atoms with Crippen LogP contribution in [0.3, 0.4) is 0 Å². The Kier molecular flexibility index (Phi) is 3.78. The third-order valence-electron chi connectivity index (χ3n) is 2.31. The second kappa shape index (κ2) is 4.88. The molecule has 0 spiro atoms. The Morgan fingerprint density at radius 1 is 1.69 bits per heavy atom. The van der Waals surface area contributed by atoms with E-state index in [0.717, 1.165) is 19.4 Å². The Bertz CT molecular complexity index is 213. The zero-order chi connectivity index (χ0) is 9.68. The molecule has 1 atom stereocenters. The molecule has 1 heterocycles. The average molecular weight is 180 g/mol. The third kappa shape index (κ3) is 2.74. The monoisotopic (exact) mass is 180 g/mol. The molecular formula is C10H16N2O. The number of carbonyl (C=O) groups excluding carboxylic acids is 1. The van der Waals surface area contributed by atoms with Gasteiger partial charge < -0.3 is 10.2 Å². The number of rotatable bonds is 2. The van der Waals surface area contributed by atoms with Crippen LogP contribution in [0.15, 0.2) is 0 Å². The summed E-state index contributed by atoms with van der Waals surface area (Å²) in [5, 5.41) is 3.20. The van der Waals surface area contributed by atoms with Crippen molar-refractivity contribution >= 4 is 5.91 Å². The van der Waals surface area contributed by atoms with Crippen molar-refractivity contribution in [3.63, 3.8) is 0 Å². The maximum atomic E-state index is 11.7. The fraction of sp³-hybridized carbons (Fsp3) is 0.700. The molecule has 1 saturated heterocycles. The summed E-state index contributed by atoms with van der Waals surface area (Å²) in [6.45, 7) is 1.34. The Balaban J connectivity index is 2.41. The van der Waals surface area contributed by atoms with Crippen LogP contribution in [0.4, 0.5) is 0 Å². The number of likely N-dealkylation sites (N-methyl/N-ethyl adjacent to an activating group) is 1. The molecule has 0 unspecified atom stereocenters. The zero-order valence-electron chi connectivity index (χ0n) is 8.05. The summed E-state index contributed by atoms with van der Waals surface area (Å²) < 4.78 is 0. The number of terminal acetylenes is 1. The normalized spacial score (nSPS) is 22.0. The van der Waals surface area contributed by atoms with Gasteiger partial charge in [0.05, 0.1) is 12.6 Å². The molecular weight excluding hydrogens is 164 g/mol. The van der Waals surface area contributed by atoms with Crippen LogP contribution < -0.4 is 5.32 Å². The first-order chi connectivity index (χ1) is 6.25. The van der Waals surface area contributed by atoms with Crippen molar-refractivity contribution in [3.05, 3.63) is 0 Å². The fourth-order valence-corrected chi connectivity index (χ4v) is 1.54. The van der Waals surface area contributed by atoms with Crippen molar-refractivity contribution in [2.45, 2.75) is 25.3 Å². The highest BCUT2D eigenvalue weighted by molar-refractivity contribution is 5.81. The van der Waals surface area contributed by atoms with Crippen LogP contribution in [0.2, 0.25) is 0 Å². The summed E-state index contributed by atoms with van der Waals surface area (Å²) >= 11 is 0. The van der Waals surface area contributed by atoms with Crippen molar-refractivity contribution in [3.8, 4) is 12.3 Å². The van der Waals surface area contributed by atoms with Gasteiger partial charge in [-0.15, -0.1) is 6.42 Å². The molecule has 1 fully saturated rings. The van der Waals surface area contributed by atoms with Gasteiger partial charge in [0.25, 0.3) is 0 Å². The summed E-state index contributed by atoms with van der Waals surface area (Å²) in [7, 11) is 1.75. The number of hydrogen-bond donors (Lipinski definition) is 1. The topological polar surface area (TPSA) is 32.3 Å². The van der Waals surface area contributed by atoms with Gasteiger partial charge in [-0.25, -0.2) is 0 Å². The Morgan fingerprint density at radius 3 is 3.00 bits per heavy atom. The van der Waals surface area contributed by atoms with Gasteiger partial charge >= 0.3 is 0 Å². The van der Waals surface area contributed by atoms with Crippen LogP contribution in [-0.4, -0.2) is 37.0 Å². The average Bonchev–Trinajstić information content (AvgIpc) is 2.18. The van der Waals surface area contributed by atoms with E-state index in [1.165, 1.54) is 6.42 Å². The van der Waals surface area contributed by atoms with Crippen molar-refractivity contribution in [2.75, 3.05) is 20.1 Å². The van der Waals surface area contributed by atoms with Crippen molar-refractivity contribution in [1.82, 2.24) is 10.2 Å². The number of nitrogens with zero attached hydrogens (tertiary/aromatic N) is 1. The van der Waals surface area contributed by atoms with E-state index < -0.39 is 0 Å². The fourth-order valence-electron chi connectivity index (χ4n) is 1.54. The third-order valence-corrected chi connectivity index (χ3v) is 2.31. The van der Waals surface area contributed by atoms with Gasteiger partial charge in [0.15, 0.2) is 0 Å². The molecule has 1 rings (SSSR count). The number of piperidine rings is 1. The van der Waals surface area contributed by atoms with Gasteiger partial charge in [0.2, 0.25) is 5.91 Å². The summed E-state index contributed by atoms with van der Waals surface area (Å²) in [6.07, 6.45) is 8.37. The second-order valence-corrected chi connectivity index (χ2v) is 3.40. The molecule has 1 aliphatic rings. The van der Waals surface area contributed by atoms with Crippen LogP contribution >= 0.6 is 0 Å². The number of hydrogen-bond acceptors (Lipinski definition) is 2. The molecule has 0 saturated carbocycles. The van der Waals surface area contributed by atoms with Crippen molar-refractivity contribution in [2.24, 2.45) is 0 Å². The lowest BCUT2D eigenvalue weighted by molar-refractivity contribution is -0.132. The van der Waals surface area contributed by atoms with Crippen LogP contribution in [-0.2, 0) is 4.79 Å². The lowest BCUT2D eigenvalue weighted by Gasteiger charge is -2.26. The summed E-state index contributed by atoms with van der Waals surface area (Å²) in [6, 6.07) is -0.00731. The molecule has 13 heavy (non-hydrogen) atoms. The summed E-state index contributed by atoms with van der Waals surface area (Å²) in [4.78, 5) is 13.3.